The first-order chi connectivity index (χ1) is 13.5. The number of fused-ring (bicyclic) bond motifs is 1. The van der Waals surface area contributed by atoms with Crippen molar-refractivity contribution in [2.75, 3.05) is 27.4 Å². The molecule has 0 aliphatic heterocycles. The van der Waals surface area contributed by atoms with Gasteiger partial charge in [0.1, 0.15) is 0 Å². The SMILES string of the molecule is CCOCCn1/c(=N/S(=O)(=O)c2ccccc2)sc2cc(OC)c(OC)cc21. The molecular weight excluding hydrogens is 400 g/mol. The van der Waals surface area contributed by atoms with E-state index in [9.17, 15) is 8.42 Å². The van der Waals surface area contributed by atoms with Crippen LogP contribution < -0.4 is 14.3 Å². The van der Waals surface area contributed by atoms with Crippen molar-refractivity contribution in [3.63, 3.8) is 0 Å². The molecule has 0 saturated carbocycles. The molecule has 0 spiro atoms. The van der Waals surface area contributed by atoms with Gasteiger partial charge in [-0.05, 0) is 19.1 Å². The van der Waals surface area contributed by atoms with Gasteiger partial charge in [0.05, 0.1) is 35.9 Å². The van der Waals surface area contributed by atoms with Crippen LogP contribution in [-0.4, -0.2) is 40.4 Å². The van der Waals surface area contributed by atoms with E-state index in [4.69, 9.17) is 14.2 Å². The van der Waals surface area contributed by atoms with Crippen molar-refractivity contribution < 1.29 is 22.6 Å². The molecule has 0 N–H and O–H groups in total. The predicted octanol–water partition coefficient (Wildman–Crippen LogP) is 3.05. The van der Waals surface area contributed by atoms with E-state index >= 15 is 0 Å². The third-order valence-electron chi connectivity index (χ3n) is 4.09. The van der Waals surface area contributed by atoms with E-state index in [1.165, 1.54) is 23.5 Å². The number of aromatic nitrogens is 1. The second kappa shape index (κ2) is 8.76. The van der Waals surface area contributed by atoms with Gasteiger partial charge in [0.25, 0.3) is 10.0 Å². The van der Waals surface area contributed by atoms with Crippen molar-refractivity contribution in [2.45, 2.75) is 18.4 Å². The van der Waals surface area contributed by atoms with E-state index in [0.717, 1.165) is 10.2 Å². The highest BCUT2D eigenvalue weighted by Gasteiger charge is 2.16. The molecular formula is C19H22N2O5S2. The fraction of sp³-hybridized carbons (Fsp3) is 0.316. The maximum Gasteiger partial charge on any atom is 0.285 e. The molecule has 0 unspecified atom stereocenters. The van der Waals surface area contributed by atoms with Crippen LogP contribution in [0.2, 0.25) is 0 Å². The Kier molecular flexibility index (Phi) is 6.38. The lowest BCUT2D eigenvalue weighted by atomic mass is 10.3. The molecule has 2 aromatic carbocycles. The highest BCUT2D eigenvalue weighted by Crippen LogP contribution is 2.33. The molecule has 1 aromatic heterocycles. The largest absolute Gasteiger partial charge is 0.493 e. The van der Waals surface area contributed by atoms with Crippen LogP contribution in [0, 0.1) is 0 Å². The Labute approximate surface area is 167 Å². The van der Waals surface area contributed by atoms with Crippen molar-refractivity contribution >= 4 is 31.6 Å². The fourth-order valence-corrected chi connectivity index (χ4v) is 5.02. The smallest absolute Gasteiger partial charge is 0.285 e. The van der Waals surface area contributed by atoms with Crippen LogP contribution in [0.1, 0.15) is 6.92 Å². The molecule has 0 atom stereocenters. The molecule has 0 saturated heterocycles. The van der Waals surface area contributed by atoms with Gasteiger partial charge < -0.3 is 18.8 Å². The molecule has 1 heterocycles. The summed E-state index contributed by atoms with van der Waals surface area (Å²) >= 11 is 1.28. The van der Waals surface area contributed by atoms with Crippen LogP contribution in [0.5, 0.6) is 11.5 Å². The Bertz CT molecular complexity index is 1120. The zero-order valence-corrected chi connectivity index (χ0v) is 17.5. The van der Waals surface area contributed by atoms with Crippen LogP contribution in [-0.2, 0) is 21.3 Å². The lowest BCUT2D eigenvalue weighted by Crippen LogP contribution is -2.20. The number of ether oxygens (including phenoxy) is 3. The third kappa shape index (κ3) is 4.21. The van der Waals surface area contributed by atoms with Gasteiger partial charge in [-0.25, -0.2) is 0 Å². The van der Waals surface area contributed by atoms with E-state index in [-0.39, 0.29) is 4.90 Å². The summed E-state index contributed by atoms with van der Waals surface area (Å²) in [5, 5.41) is 0. The maximum atomic E-state index is 12.8. The lowest BCUT2D eigenvalue weighted by molar-refractivity contribution is 0.139. The minimum absolute atomic E-state index is 0.152. The number of rotatable bonds is 8. The summed E-state index contributed by atoms with van der Waals surface area (Å²) in [6.45, 7) is 3.39. The van der Waals surface area contributed by atoms with Crippen LogP contribution in [0.3, 0.4) is 0 Å². The van der Waals surface area contributed by atoms with Gasteiger partial charge in [0, 0.05) is 25.3 Å². The van der Waals surface area contributed by atoms with Crippen molar-refractivity contribution in [1.82, 2.24) is 4.57 Å². The number of hydrogen-bond acceptors (Lipinski definition) is 6. The van der Waals surface area contributed by atoms with E-state index in [2.05, 4.69) is 4.40 Å². The van der Waals surface area contributed by atoms with Gasteiger partial charge in [-0.3, -0.25) is 0 Å². The Morgan fingerprint density at radius 3 is 2.39 bits per heavy atom. The van der Waals surface area contributed by atoms with Crippen LogP contribution >= 0.6 is 11.3 Å². The molecule has 3 rings (SSSR count). The average molecular weight is 423 g/mol. The van der Waals surface area contributed by atoms with Gasteiger partial charge in [-0.15, -0.1) is 4.40 Å². The molecule has 0 amide bonds. The second-order valence-corrected chi connectivity index (χ2v) is 8.40. The standard InChI is InChI=1S/C19H22N2O5S2/c1-4-26-11-10-21-15-12-16(24-2)17(25-3)13-18(15)27-19(21)20-28(22,23)14-8-6-5-7-9-14/h5-9,12-13H,4,10-11H2,1-3H3/b20-19-. The summed E-state index contributed by atoms with van der Waals surface area (Å²) in [6.07, 6.45) is 0. The molecule has 7 nitrogen and oxygen atoms in total. The third-order valence-corrected chi connectivity index (χ3v) is 6.53. The summed E-state index contributed by atoms with van der Waals surface area (Å²) < 4.78 is 48.5. The quantitative estimate of drug-likeness (QED) is 0.522. The van der Waals surface area contributed by atoms with Crippen LogP contribution in [0.25, 0.3) is 10.2 Å². The maximum absolute atomic E-state index is 12.8. The molecule has 9 heteroatoms. The predicted molar refractivity (Wildman–Crippen MR) is 109 cm³/mol. The van der Waals surface area contributed by atoms with Gasteiger partial charge in [0.2, 0.25) is 4.80 Å². The minimum atomic E-state index is -3.83. The second-order valence-electron chi connectivity index (χ2n) is 5.79. The van der Waals surface area contributed by atoms with Crippen molar-refractivity contribution in [3.05, 3.63) is 47.3 Å². The first kappa shape index (κ1) is 20.4. The van der Waals surface area contributed by atoms with E-state index in [0.29, 0.717) is 36.1 Å². The monoisotopic (exact) mass is 422 g/mol. The number of nitrogens with zero attached hydrogens (tertiary/aromatic N) is 2. The van der Waals surface area contributed by atoms with E-state index < -0.39 is 10.0 Å². The van der Waals surface area contributed by atoms with Crippen molar-refractivity contribution in [1.29, 1.82) is 0 Å². The number of hydrogen-bond donors (Lipinski definition) is 0. The average Bonchev–Trinajstić information content (AvgIpc) is 3.03. The molecule has 28 heavy (non-hydrogen) atoms. The Morgan fingerprint density at radius 1 is 1.07 bits per heavy atom. The van der Waals surface area contributed by atoms with Gasteiger partial charge in [-0.1, -0.05) is 29.5 Å². The normalized spacial score (nSPS) is 12.5. The fourth-order valence-electron chi connectivity index (χ4n) is 2.73. The number of benzene rings is 2. The van der Waals surface area contributed by atoms with Gasteiger partial charge >= 0.3 is 0 Å². The molecule has 150 valence electrons. The molecule has 0 aliphatic rings. The van der Waals surface area contributed by atoms with Crippen LogP contribution in [0.15, 0.2) is 51.8 Å². The molecule has 0 aliphatic carbocycles. The summed E-state index contributed by atoms with van der Waals surface area (Å²) in [4.78, 5) is 0.521. The van der Waals surface area contributed by atoms with Crippen LogP contribution in [0.4, 0.5) is 0 Å². The lowest BCUT2D eigenvalue weighted by Gasteiger charge is -2.09. The summed E-state index contributed by atoms with van der Waals surface area (Å²) in [7, 11) is -0.712. The summed E-state index contributed by atoms with van der Waals surface area (Å²) in [6, 6.07) is 11.8. The molecule has 0 bridgehead atoms. The number of methoxy groups -OCH3 is 2. The molecule has 3 aromatic rings. The number of thiazole rings is 1. The highest BCUT2D eigenvalue weighted by molar-refractivity contribution is 7.90. The summed E-state index contributed by atoms with van der Waals surface area (Å²) in [5.74, 6) is 1.14. The zero-order chi connectivity index (χ0) is 20.1. The zero-order valence-electron chi connectivity index (χ0n) is 15.9. The first-order valence-corrected chi connectivity index (χ1v) is 10.9. The van der Waals surface area contributed by atoms with E-state index in [1.807, 2.05) is 23.6 Å². The Morgan fingerprint density at radius 2 is 1.75 bits per heavy atom. The van der Waals surface area contributed by atoms with E-state index in [1.54, 1.807) is 32.4 Å². The van der Waals surface area contributed by atoms with Crippen molar-refractivity contribution in [2.24, 2.45) is 4.40 Å². The minimum Gasteiger partial charge on any atom is -0.493 e. The molecule has 0 radical (unpaired) electrons. The summed E-state index contributed by atoms with van der Waals surface area (Å²) in [5.41, 5.74) is 0.810. The number of sulfonamides is 1. The van der Waals surface area contributed by atoms with Gasteiger partial charge in [0.15, 0.2) is 11.5 Å². The Hall–Kier alpha value is -2.36. The van der Waals surface area contributed by atoms with Crippen molar-refractivity contribution in [3.8, 4) is 11.5 Å². The first-order valence-electron chi connectivity index (χ1n) is 8.69. The Balaban J connectivity index is 2.21. The van der Waals surface area contributed by atoms with Gasteiger partial charge in [-0.2, -0.15) is 8.42 Å². The highest BCUT2D eigenvalue weighted by atomic mass is 32.2. The topological polar surface area (TPSA) is 79.1 Å². The molecule has 0 fully saturated rings.